The summed E-state index contributed by atoms with van der Waals surface area (Å²) in [5.41, 5.74) is -0.341. The maximum absolute atomic E-state index is 12.2. The summed E-state index contributed by atoms with van der Waals surface area (Å²) in [6.07, 6.45) is -24.8. The molecule has 29 atom stereocenters. The van der Waals surface area contributed by atoms with Crippen molar-refractivity contribution in [3.63, 3.8) is 0 Å². The van der Waals surface area contributed by atoms with Gasteiger partial charge < -0.3 is 109 Å². The molecule has 0 spiro atoms. The van der Waals surface area contributed by atoms with Crippen LogP contribution in [0.25, 0.3) is 0 Å². The average molecular weight is 1090 g/mol. The van der Waals surface area contributed by atoms with Gasteiger partial charge in [0, 0.05) is 16.2 Å². The van der Waals surface area contributed by atoms with Crippen LogP contribution in [0.15, 0.2) is 23.3 Å². The minimum Gasteiger partial charge on any atom is -0.396 e. The molecule has 22 heteroatoms. The first kappa shape index (κ1) is 59.2. The van der Waals surface area contributed by atoms with Crippen LogP contribution in [0.5, 0.6) is 0 Å². The van der Waals surface area contributed by atoms with Crippen molar-refractivity contribution in [1.82, 2.24) is 0 Å². The van der Waals surface area contributed by atoms with Crippen LogP contribution in [0.1, 0.15) is 107 Å². The Morgan fingerprint density at radius 1 is 0.500 bits per heavy atom. The average Bonchev–Trinajstić information content (AvgIpc) is 3.57. The third-order valence-corrected chi connectivity index (χ3v) is 21.1. The molecule has 5 aliphatic carbocycles. The van der Waals surface area contributed by atoms with E-state index in [-0.39, 0.29) is 35.9 Å². The summed E-state index contributed by atoms with van der Waals surface area (Å²) in [5, 5.41) is 155. The zero-order valence-corrected chi connectivity index (χ0v) is 45.0. The van der Waals surface area contributed by atoms with Crippen LogP contribution in [0.3, 0.4) is 0 Å². The highest BCUT2D eigenvalue weighted by molar-refractivity contribution is 5.46. The monoisotopic (exact) mass is 1090 g/mol. The zero-order chi connectivity index (χ0) is 55.6. The number of hydrogen-bond acceptors (Lipinski definition) is 22. The van der Waals surface area contributed by atoms with Gasteiger partial charge >= 0.3 is 0 Å². The van der Waals surface area contributed by atoms with Gasteiger partial charge in [0.15, 0.2) is 25.2 Å². The standard InChI is InChI=1S/C54H88O22/c1-23-33(60)36(63)39(66)45(69-23)74-42-28(20-56)72-47(41(68)38(42)65)75-43-34(61)24(2)70-48(44(43)76-46-40(67)37(64)35(62)27(19-55)71-46)73-32-12-13-50(5)29(51(32,6)21-57)11-14-52(7)30(50)10-9-25-26-17-49(3,4)15-16-54(26,22-58)31(59)18-53(25,52)8/h9-10,23-24,26-29,31-48,55-68H,11-22H2,1-8H3/t23-,24+,26-,27+,28+,29+,31-,32-,33-,34-,35?,36+,37?,38+,39+,40?,41+,42+,43-,44+,45-,46?,47-,48-,50-,51-,52+,53+,54+/m0/s1. The summed E-state index contributed by atoms with van der Waals surface area (Å²) < 4.78 is 49.2. The molecule has 9 aliphatic rings. The number of rotatable bonds is 12. The van der Waals surface area contributed by atoms with Crippen LogP contribution < -0.4 is 0 Å². The van der Waals surface area contributed by atoms with Crippen molar-refractivity contribution in [3.05, 3.63) is 23.3 Å². The van der Waals surface area contributed by atoms with Crippen molar-refractivity contribution in [1.29, 1.82) is 0 Å². The first-order valence-electron chi connectivity index (χ1n) is 27.5. The Morgan fingerprint density at radius 3 is 1.70 bits per heavy atom. The van der Waals surface area contributed by atoms with Gasteiger partial charge in [0.1, 0.15) is 85.5 Å². The molecule has 0 aromatic rings. The molecule has 0 radical (unpaired) electrons. The van der Waals surface area contributed by atoms with Crippen molar-refractivity contribution < 1.29 is 109 Å². The lowest BCUT2D eigenvalue weighted by molar-refractivity contribution is -0.402. The van der Waals surface area contributed by atoms with Gasteiger partial charge in [0.25, 0.3) is 0 Å². The summed E-state index contributed by atoms with van der Waals surface area (Å²) in [4.78, 5) is 0. The molecule has 4 unspecified atom stereocenters. The molecular formula is C54H88O22. The molecule has 0 amide bonds. The van der Waals surface area contributed by atoms with E-state index in [0.29, 0.717) is 25.7 Å². The summed E-state index contributed by atoms with van der Waals surface area (Å²) in [7, 11) is 0. The molecule has 76 heavy (non-hydrogen) atoms. The Morgan fingerprint density at radius 2 is 1.07 bits per heavy atom. The van der Waals surface area contributed by atoms with E-state index in [4.69, 9.17) is 37.9 Å². The highest BCUT2D eigenvalue weighted by Gasteiger charge is 2.69. The van der Waals surface area contributed by atoms with Crippen molar-refractivity contribution in [2.75, 3.05) is 26.4 Å². The maximum atomic E-state index is 12.2. The zero-order valence-electron chi connectivity index (χ0n) is 45.0. The van der Waals surface area contributed by atoms with Gasteiger partial charge in [-0.2, -0.15) is 0 Å². The normalized spacial score (nSPS) is 55.3. The van der Waals surface area contributed by atoms with E-state index in [9.17, 15) is 71.5 Å². The van der Waals surface area contributed by atoms with Gasteiger partial charge in [-0.1, -0.05) is 64.8 Å². The van der Waals surface area contributed by atoms with Crippen LogP contribution in [0.2, 0.25) is 0 Å². The first-order valence-corrected chi connectivity index (χ1v) is 27.5. The van der Waals surface area contributed by atoms with Gasteiger partial charge in [-0.15, -0.1) is 0 Å². The van der Waals surface area contributed by atoms with E-state index >= 15 is 0 Å². The molecule has 22 nitrogen and oxygen atoms in total. The fourth-order valence-electron chi connectivity index (χ4n) is 15.9. The summed E-state index contributed by atoms with van der Waals surface area (Å²) >= 11 is 0. The fourth-order valence-corrected chi connectivity index (χ4v) is 15.9. The van der Waals surface area contributed by atoms with E-state index in [1.165, 1.54) is 25.0 Å². The van der Waals surface area contributed by atoms with E-state index in [1.54, 1.807) is 0 Å². The summed E-state index contributed by atoms with van der Waals surface area (Å²) in [6.45, 7) is 14.2. The minimum absolute atomic E-state index is 0.00261. The van der Waals surface area contributed by atoms with Crippen LogP contribution >= 0.6 is 0 Å². The molecule has 436 valence electrons. The molecule has 4 aliphatic heterocycles. The lowest BCUT2D eigenvalue weighted by Gasteiger charge is -2.69. The van der Waals surface area contributed by atoms with Crippen LogP contribution in [0, 0.1) is 44.3 Å². The van der Waals surface area contributed by atoms with Crippen molar-refractivity contribution >= 4 is 0 Å². The van der Waals surface area contributed by atoms with Gasteiger partial charge in [-0.3, -0.25) is 0 Å². The van der Waals surface area contributed by atoms with Crippen LogP contribution in [0.4, 0.5) is 0 Å². The number of allylic oxidation sites excluding steroid dienone is 4. The highest BCUT2D eigenvalue weighted by atomic mass is 16.8. The van der Waals surface area contributed by atoms with Gasteiger partial charge in [0.05, 0.1) is 50.8 Å². The van der Waals surface area contributed by atoms with E-state index in [0.717, 1.165) is 25.7 Å². The Hall–Kier alpha value is -1.40. The Labute approximate surface area is 444 Å². The smallest absolute Gasteiger partial charge is 0.187 e. The molecule has 0 bridgehead atoms. The number of aliphatic hydroxyl groups excluding tert-OH is 14. The second-order valence-electron chi connectivity index (χ2n) is 25.8. The SMILES string of the molecule is C[C@@H]1O[C@@H](O[C@H]2[C@H](O)[C@@H](O)[C@H](O[C@H]3[C@@H](O)[C@@H](C)O[C@@H](O[C@H]4CC[C@]5(C)C6=CC=C7[C@@H]8CC(C)(C)CC[C@]8(CO)[C@@H](O)C[C@@]7(C)[C@]6(C)CC[C@H]5[C@]4(C)CO)[C@@H]3OC3O[C@H](CO)C(O)C(O)C3O)O[C@@H]2CO)[C@H](O)[C@H](O)[C@H]1O. The van der Waals surface area contributed by atoms with Crippen LogP contribution in [-0.4, -0.2) is 233 Å². The minimum atomic E-state index is -2.02. The first-order chi connectivity index (χ1) is 35.6. The number of hydrogen-bond donors (Lipinski definition) is 14. The largest absolute Gasteiger partial charge is 0.396 e. The lowest BCUT2D eigenvalue weighted by Crippen LogP contribution is -2.68. The van der Waals surface area contributed by atoms with E-state index in [1.807, 2.05) is 6.92 Å². The Bertz CT molecular complexity index is 2110. The van der Waals surface area contributed by atoms with Crippen molar-refractivity contribution in [3.8, 4) is 0 Å². The second kappa shape index (κ2) is 21.4. The van der Waals surface area contributed by atoms with Crippen molar-refractivity contribution in [2.24, 2.45) is 44.3 Å². The molecule has 14 N–H and O–H groups in total. The fraction of sp³-hybridized carbons (Fsp3) is 0.926. The predicted octanol–water partition coefficient (Wildman–Crippen LogP) is -1.64. The summed E-state index contributed by atoms with van der Waals surface area (Å²) in [5.74, 6) is -0.185. The quantitative estimate of drug-likeness (QED) is 0.0975. The molecule has 9 rings (SSSR count). The Balaban J connectivity index is 1.01. The Kier molecular flexibility index (Phi) is 16.7. The number of fused-ring (bicyclic) bond motifs is 7. The van der Waals surface area contributed by atoms with E-state index in [2.05, 4.69) is 46.8 Å². The molecule has 0 aromatic heterocycles. The molecule has 0 aromatic carbocycles. The molecule has 8 fully saturated rings. The third-order valence-electron chi connectivity index (χ3n) is 21.1. The molecule has 4 saturated heterocycles. The highest BCUT2D eigenvalue weighted by Crippen LogP contribution is 2.75. The van der Waals surface area contributed by atoms with Crippen molar-refractivity contribution in [2.45, 2.75) is 242 Å². The van der Waals surface area contributed by atoms with E-state index < -0.39 is 170 Å². The maximum Gasteiger partial charge on any atom is 0.187 e. The number of ether oxygens (including phenoxy) is 8. The number of aliphatic hydroxyl groups is 14. The summed E-state index contributed by atoms with van der Waals surface area (Å²) in [6, 6.07) is 0. The van der Waals surface area contributed by atoms with Gasteiger partial charge in [0.2, 0.25) is 0 Å². The molecule has 4 heterocycles. The third kappa shape index (κ3) is 9.34. The van der Waals surface area contributed by atoms with Gasteiger partial charge in [-0.05, 0) is 93.3 Å². The predicted molar refractivity (Wildman–Crippen MR) is 263 cm³/mol. The van der Waals surface area contributed by atoms with Crippen LogP contribution in [-0.2, 0) is 37.9 Å². The second-order valence-corrected chi connectivity index (χ2v) is 25.8. The van der Waals surface area contributed by atoms with Gasteiger partial charge in [-0.25, -0.2) is 0 Å². The lowest BCUT2D eigenvalue weighted by atomic mass is 9.35. The molecule has 4 saturated carbocycles. The topological polar surface area (TPSA) is 357 Å². The molecular weight excluding hydrogens is 1000 g/mol.